The smallest absolute Gasteiger partial charge is 0.180 e. The molecule has 0 fully saturated rings. The van der Waals surface area contributed by atoms with Gasteiger partial charge < -0.3 is 4.90 Å². The summed E-state index contributed by atoms with van der Waals surface area (Å²) in [4.78, 5) is 2.50. The number of fused-ring (bicyclic) bond motifs is 6. The molecule has 63 heavy (non-hydrogen) atoms. The zero-order valence-corrected chi connectivity index (χ0v) is 35.8. The molecule has 0 atom stereocenters. The van der Waals surface area contributed by atoms with Crippen molar-refractivity contribution in [3.8, 4) is 33.4 Å². The van der Waals surface area contributed by atoms with Crippen molar-refractivity contribution in [3.63, 3.8) is 0 Å². The van der Waals surface area contributed by atoms with E-state index in [4.69, 9.17) is 0 Å². The molecule has 296 valence electrons. The molecule has 1 heterocycles. The first-order valence-corrected chi connectivity index (χ1v) is 23.9. The van der Waals surface area contributed by atoms with Crippen LogP contribution < -0.4 is 25.6 Å². The molecule has 2 aliphatic rings. The van der Waals surface area contributed by atoms with Crippen LogP contribution in [-0.4, -0.2) is 8.07 Å². The minimum Gasteiger partial charge on any atom is -0.310 e. The van der Waals surface area contributed by atoms with Gasteiger partial charge in [0.15, 0.2) is 8.07 Å². The van der Waals surface area contributed by atoms with Crippen LogP contribution in [0.5, 0.6) is 0 Å². The summed E-state index contributed by atoms with van der Waals surface area (Å²) in [6.45, 7) is 0. The third-order valence-electron chi connectivity index (χ3n) is 13.6. The number of rotatable bonds is 8. The summed E-state index contributed by atoms with van der Waals surface area (Å²) in [6, 6.07) is 97.3. The Morgan fingerprint density at radius 2 is 0.714 bits per heavy atom. The molecule has 1 aliphatic heterocycles. The fourth-order valence-electron chi connectivity index (χ4n) is 11.0. The lowest BCUT2D eigenvalue weighted by molar-refractivity contribution is 0.768. The van der Waals surface area contributed by atoms with E-state index in [0.717, 1.165) is 17.1 Å². The Balaban J connectivity index is 1.13. The molecule has 0 unspecified atom stereocenters. The van der Waals surface area contributed by atoms with Gasteiger partial charge in [0, 0.05) is 17.1 Å². The second-order valence-corrected chi connectivity index (χ2v) is 20.5. The van der Waals surface area contributed by atoms with Gasteiger partial charge in [0.05, 0.1) is 5.41 Å². The lowest BCUT2D eigenvalue weighted by Gasteiger charge is -2.35. The van der Waals surface area contributed by atoms with Crippen LogP contribution >= 0.6 is 0 Å². The Labute approximate surface area is 370 Å². The molecule has 0 radical (unpaired) electrons. The van der Waals surface area contributed by atoms with Crippen LogP contribution in [0.4, 0.5) is 17.1 Å². The van der Waals surface area contributed by atoms with Gasteiger partial charge in [-0.05, 0) is 113 Å². The van der Waals surface area contributed by atoms with Crippen molar-refractivity contribution in [3.05, 3.63) is 283 Å². The zero-order valence-electron chi connectivity index (χ0n) is 34.8. The lowest BCUT2D eigenvalue weighted by Crippen LogP contribution is -2.72. The maximum Gasteiger partial charge on any atom is 0.180 e. The van der Waals surface area contributed by atoms with Crippen molar-refractivity contribution in [1.29, 1.82) is 0 Å². The Bertz CT molecular complexity index is 2990. The van der Waals surface area contributed by atoms with Crippen LogP contribution in [0, 0.1) is 0 Å². The van der Waals surface area contributed by atoms with Crippen LogP contribution in [0.1, 0.15) is 22.3 Å². The maximum absolute atomic E-state index is 2.76. The highest BCUT2D eigenvalue weighted by Gasteiger charge is 2.49. The minimum atomic E-state index is -2.76. The molecule has 0 saturated heterocycles. The van der Waals surface area contributed by atoms with E-state index in [-0.39, 0.29) is 0 Å². The Morgan fingerprint density at radius 3 is 1.33 bits per heavy atom. The first kappa shape index (κ1) is 37.0. The second-order valence-electron chi connectivity index (χ2n) is 16.8. The summed E-state index contributed by atoms with van der Waals surface area (Å²) in [5.74, 6) is 0. The molecule has 10 aromatic rings. The Morgan fingerprint density at radius 1 is 0.286 bits per heavy atom. The predicted molar refractivity (Wildman–Crippen MR) is 266 cm³/mol. The van der Waals surface area contributed by atoms with Gasteiger partial charge in [-0.25, -0.2) is 0 Å². The molecule has 0 amide bonds. The van der Waals surface area contributed by atoms with Crippen molar-refractivity contribution in [2.75, 3.05) is 4.90 Å². The highest BCUT2D eigenvalue weighted by Crippen LogP contribution is 2.57. The predicted octanol–water partition coefficient (Wildman–Crippen LogP) is 12.5. The van der Waals surface area contributed by atoms with E-state index in [1.807, 2.05) is 0 Å². The van der Waals surface area contributed by atoms with Crippen molar-refractivity contribution in [2.24, 2.45) is 0 Å². The van der Waals surface area contributed by atoms with Gasteiger partial charge >= 0.3 is 0 Å². The quantitative estimate of drug-likeness (QED) is 0.138. The lowest BCUT2D eigenvalue weighted by atomic mass is 9.67. The van der Waals surface area contributed by atoms with Crippen molar-refractivity contribution >= 4 is 45.9 Å². The van der Waals surface area contributed by atoms with Crippen molar-refractivity contribution < 1.29 is 0 Å². The Kier molecular flexibility index (Phi) is 8.81. The number of nitrogens with zero attached hydrogens (tertiary/aromatic N) is 1. The third kappa shape index (κ3) is 5.62. The van der Waals surface area contributed by atoms with Gasteiger partial charge in [0.1, 0.15) is 0 Å². The third-order valence-corrected chi connectivity index (χ3v) is 18.5. The van der Waals surface area contributed by atoms with Crippen molar-refractivity contribution in [1.82, 2.24) is 0 Å². The number of hydrogen-bond acceptors (Lipinski definition) is 1. The summed E-state index contributed by atoms with van der Waals surface area (Å²) in [6.07, 6.45) is 0. The van der Waals surface area contributed by atoms with Gasteiger partial charge in [-0.1, -0.05) is 224 Å². The van der Waals surface area contributed by atoms with E-state index < -0.39 is 13.5 Å². The van der Waals surface area contributed by atoms with Crippen molar-refractivity contribution in [2.45, 2.75) is 5.41 Å². The van der Waals surface area contributed by atoms with E-state index in [9.17, 15) is 0 Å². The molecule has 1 aliphatic carbocycles. The number of benzene rings is 10. The fourth-order valence-corrected chi connectivity index (χ4v) is 16.2. The van der Waals surface area contributed by atoms with Crippen LogP contribution in [0.25, 0.3) is 33.4 Å². The monoisotopic (exact) mass is 817 g/mol. The minimum absolute atomic E-state index is 0.518. The number of hydrogen-bond donors (Lipinski definition) is 0. The van der Waals surface area contributed by atoms with Crippen LogP contribution in [0.15, 0.2) is 261 Å². The zero-order chi connectivity index (χ0) is 41.8. The SMILES string of the molecule is c1ccc(-c2ccc(N(c3ccc4c(c3)C(c3ccccc3)(c3ccccc3)c3ccccc3-4)c3ccc4c(c3)[Si](c3ccccc3)(c3ccccc3)c3ccccc3-4)cc2)cc1. The molecule has 10 aromatic carbocycles. The molecular formula is C61H43NSi. The van der Waals surface area contributed by atoms with Crippen LogP contribution in [0.2, 0.25) is 0 Å². The van der Waals surface area contributed by atoms with Crippen LogP contribution in [-0.2, 0) is 5.41 Å². The average Bonchev–Trinajstić information content (AvgIpc) is 3.83. The first-order valence-electron chi connectivity index (χ1n) is 21.9. The summed E-state index contributed by atoms with van der Waals surface area (Å²) in [5.41, 5.74) is 15.6. The van der Waals surface area contributed by atoms with Crippen LogP contribution in [0.3, 0.4) is 0 Å². The fraction of sp³-hybridized carbons (Fsp3) is 0.0164. The van der Waals surface area contributed by atoms with Gasteiger partial charge in [0.2, 0.25) is 0 Å². The molecule has 0 N–H and O–H groups in total. The van der Waals surface area contributed by atoms with E-state index in [2.05, 4.69) is 266 Å². The molecule has 1 nitrogen and oxygen atoms in total. The molecule has 0 bridgehead atoms. The average molecular weight is 818 g/mol. The van der Waals surface area contributed by atoms with Gasteiger partial charge in [-0.15, -0.1) is 0 Å². The molecule has 0 spiro atoms. The van der Waals surface area contributed by atoms with Gasteiger partial charge in [-0.2, -0.15) is 0 Å². The second kappa shape index (κ2) is 15.0. The van der Waals surface area contributed by atoms with E-state index >= 15 is 0 Å². The highest BCUT2D eigenvalue weighted by molar-refractivity contribution is 7.22. The van der Waals surface area contributed by atoms with E-state index in [0.29, 0.717) is 0 Å². The highest BCUT2D eigenvalue weighted by atomic mass is 28.3. The van der Waals surface area contributed by atoms with E-state index in [1.165, 1.54) is 76.4 Å². The molecular weight excluding hydrogens is 775 g/mol. The standard InChI is InChI=1S/C61H43NSi/c1-6-20-44(21-7-1)45-34-36-48(37-35-45)62(49-38-40-54-53-30-16-18-32-57(53)61(58(54)42-49,46-22-8-2-9-23-46)47-24-10-3-11-25-47)50-39-41-56-55-31-17-19-33-59(55)63(60(56)43-50,51-26-12-4-13-27-51)52-28-14-5-15-29-52/h1-43H. The maximum atomic E-state index is 2.54. The van der Waals surface area contributed by atoms with E-state index in [1.54, 1.807) is 0 Å². The summed E-state index contributed by atoms with van der Waals surface area (Å²) in [5, 5.41) is 5.65. The summed E-state index contributed by atoms with van der Waals surface area (Å²) >= 11 is 0. The van der Waals surface area contributed by atoms with Gasteiger partial charge in [0.25, 0.3) is 0 Å². The first-order chi connectivity index (χ1) is 31.3. The Hall–Kier alpha value is -7.78. The topological polar surface area (TPSA) is 3.24 Å². The molecule has 0 aromatic heterocycles. The summed E-state index contributed by atoms with van der Waals surface area (Å²) < 4.78 is 0. The molecule has 12 rings (SSSR count). The summed E-state index contributed by atoms with van der Waals surface area (Å²) in [7, 11) is -2.76. The largest absolute Gasteiger partial charge is 0.310 e. The van der Waals surface area contributed by atoms with Gasteiger partial charge in [-0.3, -0.25) is 0 Å². The normalized spacial score (nSPS) is 13.7. The molecule has 2 heteroatoms. The molecule has 0 saturated carbocycles. The number of anilines is 3.